The third-order valence-corrected chi connectivity index (χ3v) is 5.02. The van der Waals surface area contributed by atoms with Gasteiger partial charge >= 0.3 is 0 Å². The van der Waals surface area contributed by atoms with Crippen LogP contribution in [-0.4, -0.2) is 14.5 Å². The van der Waals surface area contributed by atoms with Crippen LogP contribution in [0.15, 0.2) is 29.2 Å². The number of hydrogen-bond donors (Lipinski definition) is 2. The number of nitrogens with two attached hydrogens (primary N) is 1. The summed E-state index contributed by atoms with van der Waals surface area (Å²) in [7, 11) is -3.47. The summed E-state index contributed by atoms with van der Waals surface area (Å²) in [4.78, 5) is 0.294. The SMILES string of the molecule is CCCCCCC(C)NS(=O)(=O)c1ccccc1CN. The summed E-state index contributed by atoms with van der Waals surface area (Å²) in [6.45, 7) is 4.30. The summed E-state index contributed by atoms with van der Waals surface area (Å²) < 4.78 is 27.4. The van der Waals surface area contributed by atoms with E-state index in [1.165, 1.54) is 12.8 Å². The molecular weight excluding hydrogens is 272 g/mol. The Hall–Kier alpha value is -0.910. The third kappa shape index (κ3) is 5.23. The molecule has 1 aromatic carbocycles. The van der Waals surface area contributed by atoms with E-state index >= 15 is 0 Å². The van der Waals surface area contributed by atoms with Crippen molar-refractivity contribution >= 4 is 10.0 Å². The minimum Gasteiger partial charge on any atom is -0.326 e. The molecule has 0 aliphatic carbocycles. The van der Waals surface area contributed by atoms with Gasteiger partial charge in [0.05, 0.1) is 4.90 Å². The van der Waals surface area contributed by atoms with Crippen molar-refractivity contribution in [2.24, 2.45) is 5.73 Å². The summed E-state index contributed by atoms with van der Waals surface area (Å²) in [5.74, 6) is 0. The number of sulfonamides is 1. The van der Waals surface area contributed by atoms with E-state index < -0.39 is 10.0 Å². The molecule has 0 radical (unpaired) electrons. The normalized spacial score (nSPS) is 13.3. The first-order valence-corrected chi connectivity index (χ1v) is 8.80. The van der Waals surface area contributed by atoms with E-state index in [0.29, 0.717) is 10.5 Å². The van der Waals surface area contributed by atoms with Gasteiger partial charge in [-0.15, -0.1) is 0 Å². The highest BCUT2D eigenvalue weighted by Crippen LogP contribution is 2.16. The monoisotopic (exact) mass is 298 g/mol. The van der Waals surface area contributed by atoms with Gasteiger partial charge in [-0.3, -0.25) is 0 Å². The van der Waals surface area contributed by atoms with Crippen LogP contribution < -0.4 is 10.5 Å². The molecule has 114 valence electrons. The minimum atomic E-state index is -3.47. The molecule has 0 aromatic heterocycles. The molecule has 4 nitrogen and oxygen atoms in total. The van der Waals surface area contributed by atoms with Gasteiger partial charge in [0.15, 0.2) is 0 Å². The second-order valence-corrected chi connectivity index (χ2v) is 6.87. The molecular formula is C15H26N2O2S. The van der Waals surface area contributed by atoms with Crippen molar-refractivity contribution in [2.75, 3.05) is 0 Å². The maximum atomic E-state index is 12.3. The van der Waals surface area contributed by atoms with Crippen molar-refractivity contribution in [3.63, 3.8) is 0 Å². The Morgan fingerprint density at radius 1 is 1.20 bits per heavy atom. The Labute approximate surface area is 122 Å². The van der Waals surface area contributed by atoms with Crippen molar-refractivity contribution in [1.29, 1.82) is 0 Å². The third-order valence-electron chi connectivity index (χ3n) is 3.33. The fraction of sp³-hybridized carbons (Fsp3) is 0.600. The lowest BCUT2D eigenvalue weighted by atomic mass is 10.1. The average Bonchev–Trinajstić information content (AvgIpc) is 2.43. The van der Waals surface area contributed by atoms with E-state index in [9.17, 15) is 8.42 Å². The fourth-order valence-electron chi connectivity index (χ4n) is 2.20. The van der Waals surface area contributed by atoms with Gasteiger partial charge in [-0.25, -0.2) is 13.1 Å². The molecule has 20 heavy (non-hydrogen) atoms. The van der Waals surface area contributed by atoms with Crippen molar-refractivity contribution in [3.8, 4) is 0 Å². The second kappa shape index (κ2) is 8.39. The van der Waals surface area contributed by atoms with Gasteiger partial charge < -0.3 is 5.73 Å². The first-order chi connectivity index (χ1) is 9.51. The summed E-state index contributed by atoms with van der Waals surface area (Å²) >= 11 is 0. The Morgan fingerprint density at radius 3 is 2.55 bits per heavy atom. The zero-order valence-corrected chi connectivity index (χ0v) is 13.2. The van der Waals surface area contributed by atoms with Gasteiger partial charge in [-0.05, 0) is 25.0 Å². The number of nitrogens with one attached hydrogen (secondary N) is 1. The molecule has 1 aromatic rings. The van der Waals surface area contributed by atoms with Crippen LogP contribution in [0.5, 0.6) is 0 Å². The van der Waals surface area contributed by atoms with E-state index in [1.807, 2.05) is 6.92 Å². The molecule has 1 rings (SSSR count). The Bertz CT molecular complexity index is 500. The standard InChI is InChI=1S/C15H26N2O2S/c1-3-4-5-6-9-13(2)17-20(18,19)15-11-8-7-10-14(15)12-16/h7-8,10-11,13,17H,3-6,9,12,16H2,1-2H3. The lowest BCUT2D eigenvalue weighted by Crippen LogP contribution is -2.33. The van der Waals surface area contributed by atoms with Crippen molar-refractivity contribution < 1.29 is 8.42 Å². The zero-order chi connectivity index (χ0) is 15.0. The minimum absolute atomic E-state index is 0.0531. The summed E-state index contributed by atoms with van der Waals surface area (Å²) in [5.41, 5.74) is 6.25. The molecule has 0 saturated carbocycles. The lowest BCUT2D eigenvalue weighted by molar-refractivity contribution is 0.521. The Kier molecular flexibility index (Phi) is 7.19. The lowest BCUT2D eigenvalue weighted by Gasteiger charge is -2.15. The molecule has 1 unspecified atom stereocenters. The van der Waals surface area contributed by atoms with Gasteiger partial charge in [-0.1, -0.05) is 50.8 Å². The Morgan fingerprint density at radius 2 is 1.90 bits per heavy atom. The topological polar surface area (TPSA) is 72.2 Å². The van der Waals surface area contributed by atoms with E-state index in [4.69, 9.17) is 5.73 Å². The highest BCUT2D eigenvalue weighted by molar-refractivity contribution is 7.89. The maximum absolute atomic E-state index is 12.3. The molecule has 1 atom stereocenters. The maximum Gasteiger partial charge on any atom is 0.241 e. The molecule has 0 amide bonds. The highest BCUT2D eigenvalue weighted by Gasteiger charge is 2.19. The smallest absolute Gasteiger partial charge is 0.241 e. The van der Waals surface area contributed by atoms with Gasteiger partial charge in [-0.2, -0.15) is 0 Å². The van der Waals surface area contributed by atoms with Crippen molar-refractivity contribution in [1.82, 2.24) is 4.72 Å². The van der Waals surface area contributed by atoms with Gasteiger partial charge in [0.1, 0.15) is 0 Å². The fourth-order valence-corrected chi connectivity index (χ4v) is 3.73. The van der Waals surface area contributed by atoms with Crippen LogP contribution in [-0.2, 0) is 16.6 Å². The molecule has 0 spiro atoms. The molecule has 0 aliphatic rings. The molecule has 0 heterocycles. The van der Waals surface area contributed by atoms with Crippen LogP contribution in [0.1, 0.15) is 51.5 Å². The quantitative estimate of drug-likeness (QED) is 0.689. The van der Waals surface area contributed by atoms with Crippen LogP contribution >= 0.6 is 0 Å². The van der Waals surface area contributed by atoms with E-state index in [0.717, 1.165) is 19.3 Å². The van der Waals surface area contributed by atoms with Crippen LogP contribution in [0.3, 0.4) is 0 Å². The molecule has 0 bridgehead atoms. The molecule has 0 aliphatic heterocycles. The second-order valence-electron chi connectivity index (χ2n) is 5.18. The molecule has 0 fully saturated rings. The van der Waals surface area contributed by atoms with Crippen LogP contribution in [0.2, 0.25) is 0 Å². The molecule has 3 N–H and O–H groups in total. The summed E-state index contributed by atoms with van der Waals surface area (Å²) in [5, 5.41) is 0. The van der Waals surface area contributed by atoms with E-state index in [2.05, 4.69) is 11.6 Å². The predicted octanol–water partition coefficient (Wildman–Crippen LogP) is 2.78. The first kappa shape index (κ1) is 17.1. The summed E-state index contributed by atoms with van der Waals surface area (Å²) in [6.07, 6.45) is 5.46. The van der Waals surface area contributed by atoms with Gasteiger partial charge in [0.2, 0.25) is 10.0 Å². The number of unbranched alkanes of at least 4 members (excludes halogenated alkanes) is 3. The van der Waals surface area contributed by atoms with E-state index in [-0.39, 0.29) is 12.6 Å². The van der Waals surface area contributed by atoms with Crippen LogP contribution in [0.4, 0.5) is 0 Å². The number of hydrogen-bond acceptors (Lipinski definition) is 3. The average molecular weight is 298 g/mol. The highest BCUT2D eigenvalue weighted by atomic mass is 32.2. The summed E-state index contributed by atoms with van der Waals surface area (Å²) in [6, 6.07) is 6.83. The zero-order valence-electron chi connectivity index (χ0n) is 12.4. The van der Waals surface area contributed by atoms with Crippen molar-refractivity contribution in [3.05, 3.63) is 29.8 Å². The van der Waals surface area contributed by atoms with E-state index in [1.54, 1.807) is 24.3 Å². The molecule has 0 saturated heterocycles. The Balaban J connectivity index is 2.65. The van der Waals surface area contributed by atoms with Crippen LogP contribution in [0.25, 0.3) is 0 Å². The van der Waals surface area contributed by atoms with Gasteiger partial charge in [0, 0.05) is 12.6 Å². The van der Waals surface area contributed by atoms with Crippen LogP contribution in [0, 0.1) is 0 Å². The number of rotatable bonds is 9. The molecule has 5 heteroatoms. The first-order valence-electron chi connectivity index (χ1n) is 7.31. The predicted molar refractivity (Wildman–Crippen MR) is 82.9 cm³/mol. The largest absolute Gasteiger partial charge is 0.326 e. The van der Waals surface area contributed by atoms with Gasteiger partial charge in [0.25, 0.3) is 0 Å². The number of benzene rings is 1. The van der Waals surface area contributed by atoms with Crippen molar-refractivity contribution in [2.45, 2.75) is 63.4 Å².